The van der Waals surface area contributed by atoms with Crippen molar-refractivity contribution in [2.45, 2.75) is 13.0 Å². The van der Waals surface area contributed by atoms with Gasteiger partial charge in [-0.3, -0.25) is 0 Å². The molecule has 2 N–H and O–H groups in total. The molecule has 0 saturated heterocycles. The first-order chi connectivity index (χ1) is 10.5. The van der Waals surface area contributed by atoms with E-state index in [1.54, 1.807) is 31.2 Å². The van der Waals surface area contributed by atoms with Crippen molar-refractivity contribution < 1.29 is 19.1 Å². The van der Waals surface area contributed by atoms with Crippen molar-refractivity contribution in [3.8, 4) is 0 Å². The van der Waals surface area contributed by atoms with Crippen LogP contribution in [0.5, 0.6) is 0 Å². The molecule has 0 radical (unpaired) electrons. The smallest absolute Gasteiger partial charge is 0.338 e. The van der Waals surface area contributed by atoms with Crippen molar-refractivity contribution in [2.24, 2.45) is 0 Å². The molecule has 1 aliphatic rings. The lowest BCUT2D eigenvalue weighted by Gasteiger charge is -2.28. The van der Waals surface area contributed by atoms with Crippen molar-refractivity contribution in [2.75, 3.05) is 20.3 Å². The minimum atomic E-state index is -0.609. The van der Waals surface area contributed by atoms with Gasteiger partial charge < -0.3 is 20.1 Å². The number of rotatable bonds is 5. The predicted molar refractivity (Wildman–Crippen MR) is 81.4 cm³/mol. The summed E-state index contributed by atoms with van der Waals surface area (Å²) < 4.78 is 10.0. The normalized spacial score (nSPS) is 17.8. The standard InChI is InChI=1S/C15H17ClN2O4/c1-9-12(14(19)22-7-6-21-2)13(18-15(20)17-9)10-4-3-5-11(16)8-10/h3-5,8,13H,6-7H2,1-2H3,(H2,17,18,20)/t13-/m1/s1. The summed E-state index contributed by atoms with van der Waals surface area (Å²) in [6, 6.07) is 5.99. The Morgan fingerprint density at radius 1 is 1.36 bits per heavy atom. The molecule has 1 aliphatic heterocycles. The molecule has 1 aromatic carbocycles. The molecule has 1 atom stereocenters. The van der Waals surface area contributed by atoms with Gasteiger partial charge >= 0.3 is 12.0 Å². The maximum Gasteiger partial charge on any atom is 0.338 e. The summed E-state index contributed by atoms with van der Waals surface area (Å²) >= 11 is 5.99. The maximum absolute atomic E-state index is 12.3. The summed E-state index contributed by atoms with van der Waals surface area (Å²) in [6.07, 6.45) is 0. The van der Waals surface area contributed by atoms with Gasteiger partial charge in [-0.1, -0.05) is 23.7 Å². The van der Waals surface area contributed by atoms with Gasteiger partial charge in [0.05, 0.1) is 18.2 Å². The Bertz CT molecular complexity index is 615. The Hall–Kier alpha value is -2.05. The third-order valence-electron chi connectivity index (χ3n) is 3.19. The zero-order valence-corrected chi connectivity index (χ0v) is 13.1. The summed E-state index contributed by atoms with van der Waals surface area (Å²) in [6.45, 7) is 2.10. The largest absolute Gasteiger partial charge is 0.460 e. The SMILES string of the molecule is COCCOC(=O)C1=C(C)NC(=O)N[C@@H]1c1cccc(Cl)c1. The first-order valence-corrected chi connectivity index (χ1v) is 7.10. The summed E-state index contributed by atoms with van der Waals surface area (Å²) in [7, 11) is 1.52. The number of benzene rings is 1. The van der Waals surface area contributed by atoms with Crippen LogP contribution in [-0.2, 0) is 14.3 Å². The number of carbonyl (C=O) groups excluding carboxylic acids is 2. The highest BCUT2D eigenvalue weighted by atomic mass is 35.5. The van der Waals surface area contributed by atoms with E-state index < -0.39 is 12.0 Å². The van der Waals surface area contributed by atoms with E-state index in [4.69, 9.17) is 21.1 Å². The van der Waals surface area contributed by atoms with E-state index in [2.05, 4.69) is 10.6 Å². The quantitative estimate of drug-likeness (QED) is 0.643. The Balaban J connectivity index is 2.30. The number of carbonyl (C=O) groups is 2. The van der Waals surface area contributed by atoms with Crippen LogP contribution in [0.2, 0.25) is 5.02 Å². The Kier molecular flexibility index (Phi) is 5.41. The average molecular weight is 325 g/mol. The third-order valence-corrected chi connectivity index (χ3v) is 3.43. The van der Waals surface area contributed by atoms with Gasteiger partial charge in [0.15, 0.2) is 0 Å². The zero-order chi connectivity index (χ0) is 16.1. The van der Waals surface area contributed by atoms with Crippen molar-refractivity contribution in [1.82, 2.24) is 10.6 Å². The number of hydrogen-bond acceptors (Lipinski definition) is 4. The number of urea groups is 1. The molecule has 7 heteroatoms. The molecule has 0 aliphatic carbocycles. The molecule has 0 fully saturated rings. The second-order valence-corrected chi connectivity index (χ2v) is 5.19. The van der Waals surface area contributed by atoms with Crippen molar-refractivity contribution in [3.05, 3.63) is 46.1 Å². The molecule has 0 spiro atoms. The van der Waals surface area contributed by atoms with Crippen molar-refractivity contribution >= 4 is 23.6 Å². The van der Waals surface area contributed by atoms with Crippen LogP contribution in [-0.4, -0.2) is 32.3 Å². The fraction of sp³-hybridized carbons (Fsp3) is 0.333. The lowest BCUT2D eigenvalue weighted by atomic mass is 9.96. The van der Waals surface area contributed by atoms with Crippen LogP contribution < -0.4 is 10.6 Å². The second-order valence-electron chi connectivity index (χ2n) is 4.75. The molecular weight excluding hydrogens is 308 g/mol. The molecule has 0 saturated carbocycles. The van der Waals surface area contributed by atoms with Gasteiger partial charge in [-0.2, -0.15) is 0 Å². The van der Waals surface area contributed by atoms with Gasteiger partial charge in [-0.05, 0) is 24.6 Å². The number of ether oxygens (including phenoxy) is 2. The number of hydrogen-bond donors (Lipinski definition) is 2. The van der Waals surface area contributed by atoms with Gasteiger partial charge in [0.25, 0.3) is 0 Å². The molecule has 118 valence electrons. The number of nitrogens with one attached hydrogen (secondary N) is 2. The van der Waals surface area contributed by atoms with E-state index in [1.165, 1.54) is 7.11 Å². The molecule has 0 bridgehead atoms. The summed E-state index contributed by atoms with van der Waals surface area (Å²) in [5.41, 5.74) is 1.51. The summed E-state index contributed by atoms with van der Waals surface area (Å²) in [5, 5.41) is 5.82. The van der Waals surface area contributed by atoms with Crippen LogP contribution in [0.1, 0.15) is 18.5 Å². The molecule has 2 rings (SSSR count). The molecule has 0 aromatic heterocycles. The van der Waals surface area contributed by atoms with Crippen LogP contribution in [0.15, 0.2) is 35.5 Å². The number of amides is 2. The summed E-state index contributed by atoms with van der Waals surface area (Å²) in [5.74, 6) is -0.507. The van der Waals surface area contributed by atoms with Crippen LogP contribution >= 0.6 is 11.6 Å². The molecule has 22 heavy (non-hydrogen) atoms. The molecule has 2 amide bonds. The fourth-order valence-corrected chi connectivity index (χ4v) is 2.39. The Morgan fingerprint density at radius 3 is 2.82 bits per heavy atom. The Labute approximate surface area is 133 Å². The zero-order valence-electron chi connectivity index (χ0n) is 12.3. The van der Waals surface area contributed by atoms with E-state index >= 15 is 0 Å². The molecule has 6 nitrogen and oxygen atoms in total. The molecular formula is C15H17ClN2O4. The highest BCUT2D eigenvalue weighted by molar-refractivity contribution is 6.30. The number of methoxy groups -OCH3 is 1. The fourth-order valence-electron chi connectivity index (χ4n) is 2.20. The van der Waals surface area contributed by atoms with Crippen molar-refractivity contribution in [1.29, 1.82) is 0 Å². The molecule has 1 aromatic rings. The van der Waals surface area contributed by atoms with E-state index in [0.29, 0.717) is 28.5 Å². The lowest BCUT2D eigenvalue weighted by molar-refractivity contribution is -0.140. The average Bonchev–Trinajstić information content (AvgIpc) is 2.46. The number of halogens is 1. The van der Waals surface area contributed by atoms with E-state index in [9.17, 15) is 9.59 Å². The number of esters is 1. The highest BCUT2D eigenvalue weighted by Crippen LogP contribution is 2.28. The van der Waals surface area contributed by atoms with Crippen LogP contribution in [0.4, 0.5) is 4.79 Å². The van der Waals surface area contributed by atoms with Gasteiger partial charge in [0, 0.05) is 17.8 Å². The predicted octanol–water partition coefficient (Wildman–Crippen LogP) is 2.16. The van der Waals surface area contributed by atoms with Crippen LogP contribution in [0.3, 0.4) is 0 Å². The first-order valence-electron chi connectivity index (χ1n) is 6.72. The van der Waals surface area contributed by atoms with Crippen molar-refractivity contribution in [3.63, 3.8) is 0 Å². The van der Waals surface area contributed by atoms with E-state index in [0.717, 1.165) is 0 Å². The topological polar surface area (TPSA) is 76.7 Å². The molecule has 0 unspecified atom stereocenters. The third kappa shape index (κ3) is 3.78. The van der Waals surface area contributed by atoms with Gasteiger partial charge in [0.1, 0.15) is 6.61 Å². The molecule has 1 heterocycles. The van der Waals surface area contributed by atoms with Gasteiger partial charge in [-0.25, -0.2) is 9.59 Å². The number of allylic oxidation sites excluding steroid dienone is 1. The minimum absolute atomic E-state index is 0.141. The monoisotopic (exact) mass is 324 g/mol. The Morgan fingerprint density at radius 2 is 2.14 bits per heavy atom. The first kappa shape index (κ1) is 16.3. The summed E-state index contributed by atoms with van der Waals surface area (Å²) in [4.78, 5) is 24.0. The van der Waals surface area contributed by atoms with E-state index in [1.807, 2.05) is 0 Å². The van der Waals surface area contributed by atoms with Gasteiger partial charge in [-0.15, -0.1) is 0 Å². The van der Waals surface area contributed by atoms with Gasteiger partial charge in [0.2, 0.25) is 0 Å². The van der Waals surface area contributed by atoms with Crippen LogP contribution in [0.25, 0.3) is 0 Å². The maximum atomic E-state index is 12.3. The van der Waals surface area contributed by atoms with Crippen LogP contribution in [0, 0.1) is 0 Å². The minimum Gasteiger partial charge on any atom is -0.460 e. The highest BCUT2D eigenvalue weighted by Gasteiger charge is 2.32. The lowest BCUT2D eigenvalue weighted by Crippen LogP contribution is -2.45. The second kappa shape index (κ2) is 7.29. The van der Waals surface area contributed by atoms with E-state index in [-0.39, 0.29) is 12.6 Å².